The van der Waals surface area contributed by atoms with Crippen molar-refractivity contribution in [2.45, 2.75) is 4.90 Å². The zero-order chi connectivity index (χ0) is 10.9. The standard InChI is InChI=1S/C6H5ClN2O4S/c7-14(12,13)6-2-1-4(8)3-5(6)9(10)11/h1-3H,8H2. The van der Waals surface area contributed by atoms with Crippen molar-refractivity contribution in [2.75, 3.05) is 5.73 Å². The van der Waals surface area contributed by atoms with Crippen LogP contribution in [0.2, 0.25) is 0 Å². The molecule has 76 valence electrons. The summed E-state index contributed by atoms with van der Waals surface area (Å²) in [6.45, 7) is 0. The molecule has 0 aromatic heterocycles. The molecule has 6 nitrogen and oxygen atoms in total. The van der Waals surface area contributed by atoms with E-state index in [0.29, 0.717) is 0 Å². The van der Waals surface area contributed by atoms with Gasteiger partial charge in [-0.3, -0.25) is 10.1 Å². The van der Waals surface area contributed by atoms with E-state index >= 15 is 0 Å². The first-order chi connectivity index (χ1) is 6.32. The Morgan fingerprint density at radius 1 is 1.43 bits per heavy atom. The minimum Gasteiger partial charge on any atom is -0.399 e. The Morgan fingerprint density at radius 3 is 2.43 bits per heavy atom. The number of halogens is 1. The van der Waals surface area contributed by atoms with E-state index in [2.05, 4.69) is 0 Å². The maximum Gasteiger partial charge on any atom is 0.291 e. The Hall–Kier alpha value is -1.34. The number of benzene rings is 1. The summed E-state index contributed by atoms with van der Waals surface area (Å²) >= 11 is 0. The van der Waals surface area contributed by atoms with Crippen LogP contribution in [0.3, 0.4) is 0 Å². The van der Waals surface area contributed by atoms with Crippen molar-refractivity contribution in [1.82, 2.24) is 0 Å². The average molecular weight is 237 g/mol. The van der Waals surface area contributed by atoms with Gasteiger partial charge in [0, 0.05) is 22.4 Å². The van der Waals surface area contributed by atoms with Gasteiger partial charge in [-0.25, -0.2) is 8.42 Å². The van der Waals surface area contributed by atoms with Crippen molar-refractivity contribution in [3.8, 4) is 0 Å². The number of nitrogen functional groups attached to an aromatic ring is 1. The Kier molecular flexibility index (Phi) is 2.63. The van der Waals surface area contributed by atoms with Gasteiger partial charge in [0.2, 0.25) is 0 Å². The molecule has 0 spiro atoms. The zero-order valence-electron chi connectivity index (χ0n) is 6.68. The monoisotopic (exact) mass is 236 g/mol. The molecule has 0 bridgehead atoms. The van der Waals surface area contributed by atoms with Gasteiger partial charge >= 0.3 is 0 Å². The number of nitrogens with two attached hydrogens (primary N) is 1. The quantitative estimate of drug-likeness (QED) is 0.358. The fourth-order valence-electron chi connectivity index (χ4n) is 0.883. The van der Waals surface area contributed by atoms with Crippen LogP contribution in [0.1, 0.15) is 0 Å². The van der Waals surface area contributed by atoms with Crippen LogP contribution in [0, 0.1) is 10.1 Å². The molecule has 0 aliphatic rings. The largest absolute Gasteiger partial charge is 0.399 e. The number of hydrogen-bond acceptors (Lipinski definition) is 5. The van der Waals surface area contributed by atoms with Crippen molar-refractivity contribution in [2.24, 2.45) is 0 Å². The Morgan fingerprint density at radius 2 is 2.00 bits per heavy atom. The third-order valence-electron chi connectivity index (χ3n) is 1.44. The minimum atomic E-state index is -4.12. The molecule has 0 fully saturated rings. The van der Waals surface area contributed by atoms with Crippen molar-refractivity contribution in [3.63, 3.8) is 0 Å². The van der Waals surface area contributed by atoms with Gasteiger partial charge in [0.05, 0.1) is 4.92 Å². The van der Waals surface area contributed by atoms with Gasteiger partial charge in [0.25, 0.3) is 14.7 Å². The molecule has 0 aliphatic carbocycles. The van der Waals surface area contributed by atoms with E-state index < -0.39 is 24.6 Å². The van der Waals surface area contributed by atoms with E-state index in [1.165, 1.54) is 6.07 Å². The van der Waals surface area contributed by atoms with Gasteiger partial charge in [0.15, 0.2) is 4.90 Å². The highest BCUT2D eigenvalue weighted by atomic mass is 35.7. The van der Waals surface area contributed by atoms with E-state index in [1.54, 1.807) is 0 Å². The molecule has 0 unspecified atom stereocenters. The van der Waals surface area contributed by atoms with Gasteiger partial charge < -0.3 is 5.73 Å². The fourth-order valence-corrected chi connectivity index (χ4v) is 1.89. The second-order valence-electron chi connectivity index (χ2n) is 2.42. The maximum atomic E-state index is 10.9. The van der Waals surface area contributed by atoms with Crippen LogP contribution in [-0.2, 0) is 9.05 Å². The molecule has 8 heteroatoms. The third kappa shape index (κ3) is 2.12. The predicted octanol–water partition coefficient (Wildman–Crippen LogP) is 1.10. The lowest BCUT2D eigenvalue weighted by Gasteiger charge is -1.99. The lowest BCUT2D eigenvalue weighted by atomic mass is 10.3. The highest BCUT2D eigenvalue weighted by Gasteiger charge is 2.23. The second kappa shape index (κ2) is 3.43. The maximum absolute atomic E-state index is 10.9. The smallest absolute Gasteiger partial charge is 0.291 e. The first-order valence-electron chi connectivity index (χ1n) is 3.31. The summed E-state index contributed by atoms with van der Waals surface area (Å²) in [7, 11) is 0.867. The van der Waals surface area contributed by atoms with E-state index in [0.717, 1.165) is 12.1 Å². The molecule has 0 radical (unpaired) electrons. The number of nitrogens with zero attached hydrogens (tertiary/aromatic N) is 1. The molecule has 0 saturated carbocycles. The summed E-state index contributed by atoms with van der Waals surface area (Å²) in [6, 6.07) is 3.16. The molecule has 1 rings (SSSR count). The Bertz CT molecular complexity index is 485. The molecule has 14 heavy (non-hydrogen) atoms. The topological polar surface area (TPSA) is 103 Å². The van der Waals surface area contributed by atoms with Crippen LogP contribution in [0.4, 0.5) is 11.4 Å². The average Bonchev–Trinajstić information content (AvgIpc) is 2.01. The number of nitro benzene ring substituents is 1. The zero-order valence-corrected chi connectivity index (χ0v) is 8.25. The molecular formula is C6H5ClN2O4S. The van der Waals surface area contributed by atoms with Crippen molar-refractivity contribution in [3.05, 3.63) is 28.3 Å². The third-order valence-corrected chi connectivity index (χ3v) is 2.81. The van der Waals surface area contributed by atoms with E-state index in [1.807, 2.05) is 0 Å². The van der Waals surface area contributed by atoms with Crippen LogP contribution in [0.5, 0.6) is 0 Å². The Balaban J connectivity index is 3.53. The SMILES string of the molecule is Nc1ccc(S(=O)(=O)Cl)c([N+](=O)[O-])c1. The highest BCUT2D eigenvalue weighted by molar-refractivity contribution is 8.13. The fraction of sp³-hybridized carbons (Fsp3) is 0. The van der Waals surface area contributed by atoms with Crippen LogP contribution in [0.15, 0.2) is 23.1 Å². The van der Waals surface area contributed by atoms with Gasteiger partial charge in [0.1, 0.15) is 0 Å². The first-order valence-corrected chi connectivity index (χ1v) is 5.62. The van der Waals surface area contributed by atoms with E-state index in [9.17, 15) is 18.5 Å². The van der Waals surface area contributed by atoms with Crippen LogP contribution in [0.25, 0.3) is 0 Å². The summed E-state index contributed by atoms with van der Waals surface area (Å²) in [4.78, 5) is 9.03. The molecule has 0 saturated heterocycles. The van der Waals surface area contributed by atoms with Gasteiger partial charge in [-0.05, 0) is 12.1 Å². The first kappa shape index (κ1) is 10.7. The van der Waals surface area contributed by atoms with Gasteiger partial charge in [-0.1, -0.05) is 0 Å². The molecule has 0 atom stereocenters. The van der Waals surface area contributed by atoms with Crippen LogP contribution >= 0.6 is 10.7 Å². The van der Waals surface area contributed by atoms with Gasteiger partial charge in [-0.15, -0.1) is 0 Å². The molecule has 0 aliphatic heterocycles. The summed E-state index contributed by atoms with van der Waals surface area (Å²) < 4.78 is 21.8. The van der Waals surface area contributed by atoms with Crippen molar-refractivity contribution >= 4 is 31.1 Å². The molecule has 1 aromatic rings. The summed E-state index contributed by atoms with van der Waals surface area (Å²) in [6.07, 6.45) is 0. The molecule has 2 N–H and O–H groups in total. The highest BCUT2D eigenvalue weighted by Crippen LogP contribution is 2.28. The second-order valence-corrected chi connectivity index (χ2v) is 4.96. The van der Waals surface area contributed by atoms with Gasteiger partial charge in [-0.2, -0.15) is 0 Å². The van der Waals surface area contributed by atoms with Crippen LogP contribution < -0.4 is 5.73 Å². The lowest BCUT2D eigenvalue weighted by molar-refractivity contribution is -0.387. The van der Waals surface area contributed by atoms with Crippen molar-refractivity contribution in [1.29, 1.82) is 0 Å². The number of nitro groups is 1. The van der Waals surface area contributed by atoms with E-state index in [-0.39, 0.29) is 5.69 Å². The summed E-state index contributed by atoms with van der Waals surface area (Å²) in [5.74, 6) is 0. The molecular weight excluding hydrogens is 232 g/mol. The normalized spacial score (nSPS) is 11.2. The minimum absolute atomic E-state index is 0.0979. The Labute approximate surface area is 83.9 Å². The summed E-state index contributed by atoms with van der Waals surface area (Å²) in [5, 5.41) is 10.4. The lowest BCUT2D eigenvalue weighted by Crippen LogP contribution is -1.99. The predicted molar refractivity (Wildman–Crippen MR) is 50.5 cm³/mol. The van der Waals surface area contributed by atoms with E-state index in [4.69, 9.17) is 16.4 Å². The molecule has 1 aromatic carbocycles. The molecule has 0 heterocycles. The van der Waals surface area contributed by atoms with Crippen LogP contribution in [-0.4, -0.2) is 13.3 Å². The van der Waals surface area contributed by atoms with Crippen molar-refractivity contribution < 1.29 is 13.3 Å². The number of hydrogen-bond donors (Lipinski definition) is 1. The number of rotatable bonds is 2. The summed E-state index contributed by atoms with van der Waals surface area (Å²) in [5.41, 5.74) is 4.74. The number of anilines is 1. The molecule has 0 amide bonds.